The van der Waals surface area contributed by atoms with Gasteiger partial charge in [-0.1, -0.05) is 26.8 Å². The van der Waals surface area contributed by atoms with Crippen LogP contribution in [0.25, 0.3) is 10.9 Å². The van der Waals surface area contributed by atoms with Crippen molar-refractivity contribution >= 4 is 16.8 Å². The van der Waals surface area contributed by atoms with E-state index in [1.165, 1.54) is 11.9 Å². The fourth-order valence-electron chi connectivity index (χ4n) is 2.38. The van der Waals surface area contributed by atoms with Crippen LogP contribution in [0.2, 0.25) is 0 Å². The van der Waals surface area contributed by atoms with Crippen molar-refractivity contribution in [1.29, 1.82) is 0 Å². The Kier molecular flexibility index (Phi) is 3.85. The van der Waals surface area contributed by atoms with Crippen LogP contribution in [-0.2, 0) is 12.0 Å². The largest absolute Gasteiger partial charge is 0.351 e. The number of aromatic amines is 1. The predicted molar refractivity (Wildman–Crippen MR) is 87.1 cm³/mol. The summed E-state index contributed by atoms with van der Waals surface area (Å²) in [6, 6.07) is 8.13. The van der Waals surface area contributed by atoms with Crippen LogP contribution in [0.15, 0.2) is 30.6 Å². The van der Waals surface area contributed by atoms with E-state index < -0.39 is 0 Å². The van der Waals surface area contributed by atoms with Crippen molar-refractivity contribution in [2.45, 2.75) is 32.7 Å². The summed E-state index contributed by atoms with van der Waals surface area (Å²) < 4.78 is 1.57. The fraction of sp³-hybridized carbons (Fsp3) is 0.375. The monoisotopic (exact) mass is 312 g/mol. The Balaban J connectivity index is 1.70. The number of tetrazole rings is 1. The van der Waals surface area contributed by atoms with Gasteiger partial charge in [-0.15, -0.1) is 5.10 Å². The molecule has 23 heavy (non-hydrogen) atoms. The lowest BCUT2D eigenvalue weighted by Gasteiger charge is -2.18. The SMILES string of the molecule is CC(C)(C)c1ccc2[nH]c(C(=O)NCCn3cnnn3)cc2c1. The van der Waals surface area contributed by atoms with Gasteiger partial charge < -0.3 is 10.3 Å². The zero-order valence-corrected chi connectivity index (χ0v) is 13.5. The van der Waals surface area contributed by atoms with E-state index in [9.17, 15) is 4.79 Å². The molecule has 3 aromatic rings. The van der Waals surface area contributed by atoms with Gasteiger partial charge in [-0.3, -0.25) is 4.79 Å². The molecule has 0 unspecified atom stereocenters. The Bertz CT molecular complexity index is 813. The highest BCUT2D eigenvalue weighted by Crippen LogP contribution is 2.26. The van der Waals surface area contributed by atoms with Crippen LogP contribution in [0.3, 0.4) is 0 Å². The summed E-state index contributed by atoms with van der Waals surface area (Å²) >= 11 is 0. The number of nitrogens with one attached hydrogen (secondary N) is 2. The van der Waals surface area contributed by atoms with Gasteiger partial charge in [0.25, 0.3) is 5.91 Å². The molecule has 2 heterocycles. The summed E-state index contributed by atoms with van der Waals surface area (Å²) in [5.41, 5.74) is 2.85. The smallest absolute Gasteiger partial charge is 0.267 e. The zero-order valence-electron chi connectivity index (χ0n) is 13.5. The molecule has 0 saturated heterocycles. The quantitative estimate of drug-likeness (QED) is 0.770. The van der Waals surface area contributed by atoms with E-state index in [0.29, 0.717) is 18.8 Å². The summed E-state index contributed by atoms with van der Waals surface area (Å²) in [6.07, 6.45) is 1.52. The number of H-pyrrole nitrogens is 1. The number of aromatic nitrogens is 5. The van der Waals surface area contributed by atoms with Gasteiger partial charge in [-0.25, -0.2) is 4.68 Å². The van der Waals surface area contributed by atoms with Gasteiger partial charge in [0.1, 0.15) is 12.0 Å². The van der Waals surface area contributed by atoms with Gasteiger partial charge in [0, 0.05) is 17.4 Å². The third-order valence-corrected chi connectivity index (χ3v) is 3.75. The molecule has 0 aliphatic heterocycles. The standard InChI is InChI=1S/C16H20N6O/c1-16(2,3)12-4-5-13-11(8-12)9-14(19-13)15(23)17-6-7-22-10-18-20-21-22/h4-5,8-10,19H,6-7H2,1-3H3,(H,17,23). The maximum absolute atomic E-state index is 12.2. The molecule has 1 amide bonds. The number of carbonyl (C=O) groups is 1. The third-order valence-electron chi connectivity index (χ3n) is 3.75. The molecule has 7 nitrogen and oxygen atoms in total. The molecule has 3 rings (SSSR count). The first-order valence-corrected chi connectivity index (χ1v) is 7.56. The first-order chi connectivity index (χ1) is 10.9. The minimum absolute atomic E-state index is 0.0831. The molecule has 0 aliphatic carbocycles. The first kappa shape index (κ1) is 15.2. The lowest BCUT2D eigenvalue weighted by atomic mass is 9.86. The summed E-state index contributed by atoms with van der Waals surface area (Å²) in [6.45, 7) is 7.52. The number of rotatable bonds is 4. The third kappa shape index (κ3) is 3.39. The second kappa shape index (κ2) is 5.83. The van der Waals surface area contributed by atoms with Crippen molar-refractivity contribution in [3.05, 3.63) is 41.9 Å². The highest BCUT2D eigenvalue weighted by Gasteiger charge is 2.15. The predicted octanol–water partition coefficient (Wildman–Crippen LogP) is 1.88. The van der Waals surface area contributed by atoms with E-state index in [-0.39, 0.29) is 11.3 Å². The van der Waals surface area contributed by atoms with E-state index in [1.807, 2.05) is 12.1 Å². The number of hydrogen-bond donors (Lipinski definition) is 2. The zero-order chi connectivity index (χ0) is 16.4. The Morgan fingerprint density at radius 1 is 1.30 bits per heavy atom. The number of benzene rings is 1. The second-order valence-electron chi connectivity index (χ2n) is 6.56. The average Bonchev–Trinajstić information content (AvgIpc) is 3.14. The molecule has 0 fully saturated rings. The summed E-state index contributed by atoms with van der Waals surface area (Å²) in [5, 5.41) is 14.7. The maximum atomic E-state index is 12.2. The van der Waals surface area contributed by atoms with Gasteiger partial charge in [0.05, 0.1) is 6.54 Å². The number of fused-ring (bicyclic) bond motifs is 1. The van der Waals surface area contributed by atoms with E-state index in [2.05, 4.69) is 58.7 Å². The summed E-state index contributed by atoms with van der Waals surface area (Å²) in [7, 11) is 0. The Morgan fingerprint density at radius 3 is 2.83 bits per heavy atom. The normalized spacial score (nSPS) is 11.8. The van der Waals surface area contributed by atoms with Crippen LogP contribution in [0.4, 0.5) is 0 Å². The Morgan fingerprint density at radius 2 is 2.13 bits per heavy atom. The van der Waals surface area contributed by atoms with Gasteiger partial charge in [-0.05, 0) is 39.6 Å². The maximum Gasteiger partial charge on any atom is 0.267 e. The van der Waals surface area contributed by atoms with Crippen LogP contribution in [0.5, 0.6) is 0 Å². The van der Waals surface area contributed by atoms with Gasteiger partial charge in [0.2, 0.25) is 0 Å². The minimum Gasteiger partial charge on any atom is -0.351 e. The van der Waals surface area contributed by atoms with E-state index in [1.54, 1.807) is 4.68 Å². The lowest BCUT2D eigenvalue weighted by molar-refractivity contribution is 0.0947. The highest BCUT2D eigenvalue weighted by molar-refractivity contribution is 5.98. The van der Waals surface area contributed by atoms with Crippen LogP contribution in [-0.4, -0.2) is 37.6 Å². The Hall–Kier alpha value is -2.70. The van der Waals surface area contributed by atoms with Crippen LogP contribution >= 0.6 is 0 Å². The number of amides is 1. The molecule has 0 bridgehead atoms. The van der Waals surface area contributed by atoms with Gasteiger partial charge >= 0.3 is 0 Å². The molecular weight excluding hydrogens is 292 g/mol. The van der Waals surface area contributed by atoms with Crippen molar-refractivity contribution in [3.8, 4) is 0 Å². The van der Waals surface area contributed by atoms with Crippen LogP contribution < -0.4 is 5.32 Å². The minimum atomic E-state index is -0.133. The van der Waals surface area contributed by atoms with Gasteiger partial charge in [-0.2, -0.15) is 0 Å². The summed E-state index contributed by atoms with van der Waals surface area (Å²) in [4.78, 5) is 15.4. The van der Waals surface area contributed by atoms with Crippen molar-refractivity contribution in [1.82, 2.24) is 30.5 Å². The molecular formula is C16H20N6O. The number of nitrogens with zero attached hydrogens (tertiary/aromatic N) is 4. The van der Waals surface area contributed by atoms with Crippen molar-refractivity contribution in [2.75, 3.05) is 6.54 Å². The molecule has 2 N–H and O–H groups in total. The molecule has 0 saturated carbocycles. The van der Waals surface area contributed by atoms with Gasteiger partial charge in [0.15, 0.2) is 0 Å². The van der Waals surface area contributed by atoms with Crippen molar-refractivity contribution in [3.63, 3.8) is 0 Å². The number of carbonyl (C=O) groups excluding carboxylic acids is 1. The van der Waals surface area contributed by atoms with Crippen LogP contribution in [0.1, 0.15) is 36.8 Å². The molecule has 120 valence electrons. The highest BCUT2D eigenvalue weighted by atomic mass is 16.1. The Labute approximate surface area is 134 Å². The second-order valence-corrected chi connectivity index (χ2v) is 6.56. The molecule has 0 spiro atoms. The van der Waals surface area contributed by atoms with E-state index in [0.717, 1.165) is 10.9 Å². The molecule has 0 radical (unpaired) electrons. The fourth-order valence-corrected chi connectivity index (χ4v) is 2.38. The molecule has 7 heteroatoms. The molecule has 1 aromatic carbocycles. The average molecular weight is 312 g/mol. The van der Waals surface area contributed by atoms with E-state index >= 15 is 0 Å². The van der Waals surface area contributed by atoms with Crippen molar-refractivity contribution < 1.29 is 4.79 Å². The van der Waals surface area contributed by atoms with Crippen LogP contribution in [0, 0.1) is 0 Å². The summed E-state index contributed by atoms with van der Waals surface area (Å²) in [5.74, 6) is -0.133. The number of hydrogen-bond acceptors (Lipinski definition) is 4. The topological polar surface area (TPSA) is 88.5 Å². The molecule has 0 atom stereocenters. The first-order valence-electron chi connectivity index (χ1n) is 7.56. The van der Waals surface area contributed by atoms with E-state index in [4.69, 9.17) is 0 Å². The molecule has 2 aromatic heterocycles. The molecule has 0 aliphatic rings. The van der Waals surface area contributed by atoms with Crippen molar-refractivity contribution in [2.24, 2.45) is 0 Å². The lowest BCUT2D eigenvalue weighted by Crippen LogP contribution is -2.27.